The van der Waals surface area contributed by atoms with Crippen LogP contribution in [0.15, 0.2) is 23.1 Å². The van der Waals surface area contributed by atoms with Gasteiger partial charge in [0.05, 0.1) is 20.2 Å². The topological polar surface area (TPSA) is 82.2 Å². The number of alkyl halides is 2. The van der Waals surface area contributed by atoms with E-state index in [0.29, 0.717) is 31.0 Å². The van der Waals surface area contributed by atoms with E-state index in [1.165, 1.54) is 16.4 Å². The highest BCUT2D eigenvalue weighted by molar-refractivity contribution is 5.81. The van der Waals surface area contributed by atoms with Crippen molar-refractivity contribution in [1.82, 2.24) is 24.2 Å². The highest BCUT2D eigenvalue weighted by atomic mass is 19.3. The lowest BCUT2D eigenvalue weighted by Gasteiger charge is -2.27. The Morgan fingerprint density at radius 2 is 2.21 bits per heavy atom. The zero-order valence-corrected chi connectivity index (χ0v) is 15.5. The van der Waals surface area contributed by atoms with Gasteiger partial charge in [0, 0.05) is 31.6 Å². The maximum Gasteiger partial charge on any atom is 0.346 e. The second-order valence-corrected chi connectivity index (χ2v) is 7.21. The predicted molar refractivity (Wildman–Crippen MR) is 94.5 cm³/mol. The quantitative estimate of drug-likeness (QED) is 0.781. The minimum atomic E-state index is -2.86. The van der Waals surface area contributed by atoms with Gasteiger partial charge < -0.3 is 9.64 Å². The molecule has 8 nitrogen and oxygen atoms in total. The summed E-state index contributed by atoms with van der Waals surface area (Å²) < 4.78 is 34.7. The van der Waals surface area contributed by atoms with Crippen LogP contribution in [0.4, 0.5) is 8.78 Å². The van der Waals surface area contributed by atoms with Crippen LogP contribution < -0.4 is 10.4 Å². The van der Waals surface area contributed by atoms with E-state index in [9.17, 15) is 18.4 Å². The molecule has 2 aliphatic rings. The Hall–Kier alpha value is -2.78. The number of aromatic nitrogens is 4. The molecular weight excluding hydrogens is 372 g/mol. The second kappa shape index (κ2) is 6.99. The first kappa shape index (κ1) is 18.6. The van der Waals surface area contributed by atoms with Gasteiger partial charge in [-0.3, -0.25) is 9.36 Å². The van der Waals surface area contributed by atoms with Crippen LogP contribution in [-0.4, -0.2) is 56.3 Å². The molecule has 2 aromatic heterocycles. The molecule has 0 saturated carbocycles. The third-order valence-electron chi connectivity index (χ3n) is 5.24. The first-order valence-electron chi connectivity index (χ1n) is 9.22. The lowest BCUT2D eigenvalue weighted by Crippen LogP contribution is -2.42. The minimum Gasteiger partial charge on any atom is -0.481 e. The van der Waals surface area contributed by atoms with Gasteiger partial charge in [-0.05, 0) is 18.4 Å². The number of carbonyl (C=O) groups is 1. The first-order chi connectivity index (χ1) is 13.4. The smallest absolute Gasteiger partial charge is 0.346 e. The lowest BCUT2D eigenvalue weighted by atomic mass is 10.0. The molecule has 4 heterocycles. The van der Waals surface area contributed by atoms with Crippen LogP contribution in [-0.2, 0) is 17.8 Å². The summed E-state index contributed by atoms with van der Waals surface area (Å²) in [6.45, 7) is -0.366. The molecule has 2 aliphatic heterocycles. The van der Waals surface area contributed by atoms with Gasteiger partial charge in [0.1, 0.15) is 11.9 Å². The van der Waals surface area contributed by atoms with Crippen LogP contribution in [0, 0.1) is 0 Å². The van der Waals surface area contributed by atoms with Crippen molar-refractivity contribution in [3.63, 3.8) is 0 Å². The van der Waals surface area contributed by atoms with E-state index in [1.807, 2.05) is 0 Å². The number of fused-ring (bicyclic) bond motifs is 1. The molecule has 150 valence electrons. The molecule has 0 radical (unpaired) electrons. The minimum absolute atomic E-state index is 0.0120. The van der Waals surface area contributed by atoms with E-state index in [0.717, 1.165) is 10.5 Å². The van der Waals surface area contributed by atoms with Gasteiger partial charge in [-0.25, -0.2) is 23.2 Å². The number of methoxy groups -OCH3 is 1. The van der Waals surface area contributed by atoms with Gasteiger partial charge in [-0.1, -0.05) is 6.07 Å². The molecule has 10 heteroatoms. The zero-order valence-electron chi connectivity index (χ0n) is 15.5. The maximum atomic E-state index is 13.5. The molecule has 1 atom stereocenters. The fraction of sp³-hybridized carbons (Fsp3) is 0.556. The van der Waals surface area contributed by atoms with E-state index >= 15 is 0 Å². The Morgan fingerprint density at radius 3 is 2.86 bits per heavy atom. The lowest BCUT2D eigenvalue weighted by molar-refractivity contribution is -0.135. The highest BCUT2D eigenvalue weighted by Gasteiger charge is 2.43. The molecule has 1 fully saturated rings. The average Bonchev–Trinajstić information content (AvgIpc) is 3.21. The zero-order chi connectivity index (χ0) is 19.9. The van der Waals surface area contributed by atoms with Gasteiger partial charge >= 0.3 is 5.69 Å². The van der Waals surface area contributed by atoms with Crippen molar-refractivity contribution in [1.29, 1.82) is 0 Å². The van der Waals surface area contributed by atoms with Crippen molar-refractivity contribution in [3.8, 4) is 5.88 Å². The molecular formula is C18H21F2N5O3. The number of likely N-dealkylation sites (tertiary alicyclic amines) is 1. The Morgan fingerprint density at radius 1 is 1.39 bits per heavy atom. The maximum absolute atomic E-state index is 13.5. The van der Waals surface area contributed by atoms with E-state index in [4.69, 9.17) is 4.74 Å². The molecule has 1 amide bonds. The number of nitrogens with zero attached hydrogens (tertiary/aromatic N) is 5. The monoisotopic (exact) mass is 393 g/mol. The summed E-state index contributed by atoms with van der Waals surface area (Å²) in [6.07, 6.45) is 2.96. The molecule has 28 heavy (non-hydrogen) atoms. The fourth-order valence-corrected chi connectivity index (χ4v) is 3.80. The number of hydrogen-bond acceptors (Lipinski definition) is 5. The number of rotatable bonds is 4. The SMILES string of the molecule is COc1ccc(Cn2nc3n(c2=O)C(C(=O)N2CCC(F)(F)C2)CCC3)cn1. The normalized spacial score (nSPS) is 20.8. The number of aryl methyl sites for hydroxylation is 1. The Bertz CT molecular complexity index is 938. The van der Waals surface area contributed by atoms with Gasteiger partial charge in [-0.2, -0.15) is 5.10 Å². The van der Waals surface area contributed by atoms with Crippen molar-refractivity contribution in [2.45, 2.75) is 44.2 Å². The molecule has 0 bridgehead atoms. The second-order valence-electron chi connectivity index (χ2n) is 7.21. The van der Waals surface area contributed by atoms with Crippen molar-refractivity contribution in [2.24, 2.45) is 0 Å². The van der Waals surface area contributed by atoms with Crippen molar-refractivity contribution >= 4 is 5.91 Å². The van der Waals surface area contributed by atoms with Crippen molar-refractivity contribution in [3.05, 3.63) is 40.2 Å². The standard InChI is InChI=1S/C18H21F2N5O3/c1-28-15-6-5-12(9-21-15)10-24-17(27)25-13(3-2-4-14(25)22-24)16(26)23-8-7-18(19,20)11-23/h5-6,9,13H,2-4,7-8,10-11H2,1H3. The van der Waals surface area contributed by atoms with E-state index in [1.54, 1.807) is 18.3 Å². The first-order valence-corrected chi connectivity index (χ1v) is 9.22. The summed E-state index contributed by atoms with van der Waals surface area (Å²) in [5.74, 6) is -2.30. The van der Waals surface area contributed by atoms with Crippen molar-refractivity contribution < 1.29 is 18.3 Å². The number of carbonyl (C=O) groups excluding carboxylic acids is 1. The number of hydrogen-bond donors (Lipinski definition) is 0. The summed E-state index contributed by atoms with van der Waals surface area (Å²) in [6, 6.07) is 2.70. The summed E-state index contributed by atoms with van der Waals surface area (Å²) in [7, 11) is 1.52. The predicted octanol–water partition coefficient (Wildman–Crippen LogP) is 1.24. The number of ether oxygens (including phenoxy) is 1. The Balaban J connectivity index is 1.59. The Labute approximate surface area is 159 Å². The van der Waals surface area contributed by atoms with Crippen LogP contribution in [0.1, 0.15) is 36.7 Å². The van der Waals surface area contributed by atoms with Crippen LogP contribution in [0.3, 0.4) is 0 Å². The van der Waals surface area contributed by atoms with Gasteiger partial charge in [0.15, 0.2) is 0 Å². The summed E-state index contributed by atoms with van der Waals surface area (Å²) >= 11 is 0. The summed E-state index contributed by atoms with van der Waals surface area (Å²) in [5.41, 5.74) is 0.357. The highest BCUT2D eigenvalue weighted by Crippen LogP contribution is 2.31. The van der Waals surface area contributed by atoms with Crippen molar-refractivity contribution in [2.75, 3.05) is 20.2 Å². The number of pyridine rings is 1. The van der Waals surface area contributed by atoms with E-state index < -0.39 is 30.1 Å². The molecule has 4 rings (SSSR count). The molecule has 1 unspecified atom stereocenters. The number of halogens is 2. The van der Waals surface area contributed by atoms with Crippen LogP contribution in [0.2, 0.25) is 0 Å². The van der Waals surface area contributed by atoms with Crippen LogP contribution in [0.5, 0.6) is 5.88 Å². The molecule has 0 aliphatic carbocycles. The molecule has 0 N–H and O–H groups in total. The third kappa shape index (κ3) is 3.38. The molecule has 1 saturated heterocycles. The van der Waals surface area contributed by atoms with Gasteiger partial charge in [0.25, 0.3) is 5.92 Å². The van der Waals surface area contributed by atoms with Gasteiger partial charge in [0.2, 0.25) is 11.8 Å². The number of amides is 1. The van der Waals surface area contributed by atoms with Crippen LogP contribution >= 0.6 is 0 Å². The fourth-order valence-electron chi connectivity index (χ4n) is 3.80. The summed E-state index contributed by atoms with van der Waals surface area (Å²) in [4.78, 5) is 31.0. The van der Waals surface area contributed by atoms with Gasteiger partial charge in [-0.15, -0.1) is 0 Å². The molecule has 2 aromatic rings. The largest absolute Gasteiger partial charge is 0.481 e. The average molecular weight is 393 g/mol. The molecule has 0 spiro atoms. The van der Waals surface area contributed by atoms with E-state index in [-0.39, 0.29) is 19.5 Å². The van der Waals surface area contributed by atoms with E-state index in [2.05, 4.69) is 10.1 Å². The summed E-state index contributed by atoms with van der Waals surface area (Å²) in [5, 5.41) is 4.37. The molecule has 0 aromatic carbocycles. The third-order valence-corrected chi connectivity index (χ3v) is 5.24. The Kier molecular flexibility index (Phi) is 4.64. The van der Waals surface area contributed by atoms with Crippen LogP contribution in [0.25, 0.3) is 0 Å².